The molecule has 0 spiro atoms. The highest BCUT2D eigenvalue weighted by Gasteiger charge is 2.30. The maximum atomic E-state index is 11.0. The summed E-state index contributed by atoms with van der Waals surface area (Å²) < 4.78 is 5.49. The molecule has 1 atom stereocenters. The Morgan fingerprint density at radius 3 is 2.55 bits per heavy atom. The summed E-state index contributed by atoms with van der Waals surface area (Å²) in [5, 5.41) is 0. The van der Waals surface area contributed by atoms with Gasteiger partial charge in [0, 0.05) is 12.5 Å². The quantitative estimate of drug-likeness (QED) is 0.578. The molecule has 0 saturated carbocycles. The molecule has 0 aliphatic carbocycles. The van der Waals surface area contributed by atoms with Gasteiger partial charge in [0.1, 0.15) is 5.78 Å². The van der Waals surface area contributed by atoms with Crippen LogP contribution < -0.4 is 0 Å². The molecule has 2 heteroatoms. The van der Waals surface area contributed by atoms with Crippen LogP contribution in [0.1, 0.15) is 33.6 Å². The first-order valence-electron chi connectivity index (χ1n) is 4.16. The Kier molecular flexibility index (Phi) is 2.33. The minimum absolute atomic E-state index is 0.0887. The molecule has 11 heavy (non-hydrogen) atoms. The largest absolute Gasteiger partial charge is 0.376 e. The first kappa shape index (κ1) is 8.72. The highest BCUT2D eigenvalue weighted by molar-refractivity contribution is 5.78. The minimum atomic E-state index is -0.0887. The molecule has 64 valence electrons. The van der Waals surface area contributed by atoms with Crippen molar-refractivity contribution in [1.82, 2.24) is 0 Å². The summed E-state index contributed by atoms with van der Waals surface area (Å²) in [6.45, 7) is 6.49. The van der Waals surface area contributed by atoms with Crippen molar-refractivity contribution < 1.29 is 9.53 Å². The molecular weight excluding hydrogens is 140 g/mol. The number of carbonyl (C=O) groups is 1. The Hall–Kier alpha value is -0.370. The van der Waals surface area contributed by atoms with Crippen molar-refractivity contribution in [1.29, 1.82) is 0 Å². The summed E-state index contributed by atoms with van der Waals surface area (Å²) in [7, 11) is 0. The van der Waals surface area contributed by atoms with E-state index in [1.807, 2.05) is 13.8 Å². The lowest BCUT2D eigenvalue weighted by atomic mass is 9.86. The molecule has 1 heterocycles. The average molecular weight is 156 g/mol. The van der Waals surface area contributed by atoms with Crippen LogP contribution in [0.25, 0.3) is 0 Å². The molecule has 0 aromatic carbocycles. The first-order chi connectivity index (χ1) is 5.01. The summed E-state index contributed by atoms with van der Waals surface area (Å²) in [5.74, 6) is 0.542. The number of ether oxygens (including phenoxy) is 1. The highest BCUT2D eigenvalue weighted by Crippen LogP contribution is 2.28. The van der Waals surface area contributed by atoms with E-state index in [1.165, 1.54) is 0 Å². The van der Waals surface area contributed by atoms with E-state index in [9.17, 15) is 4.79 Å². The Morgan fingerprint density at radius 1 is 1.55 bits per heavy atom. The monoisotopic (exact) mass is 156 g/mol. The van der Waals surface area contributed by atoms with E-state index in [1.54, 1.807) is 6.92 Å². The van der Waals surface area contributed by atoms with Gasteiger partial charge >= 0.3 is 0 Å². The second-order valence-corrected chi connectivity index (χ2v) is 3.91. The van der Waals surface area contributed by atoms with Gasteiger partial charge < -0.3 is 4.74 Å². The molecule has 0 bridgehead atoms. The molecular formula is C9H16O2. The lowest BCUT2D eigenvalue weighted by Gasteiger charge is -2.34. The zero-order chi connectivity index (χ0) is 8.48. The fourth-order valence-electron chi connectivity index (χ4n) is 1.58. The van der Waals surface area contributed by atoms with E-state index in [4.69, 9.17) is 4.74 Å². The first-order valence-corrected chi connectivity index (χ1v) is 4.16. The number of Topliss-reactive ketones (excluding diaryl/α,β-unsaturated/α-hetero) is 1. The maximum Gasteiger partial charge on any atom is 0.133 e. The summed E-state index contributed by atoms with van der Waals surface area (Å²) in [6.07, 6.45) is 1.78. The number of carbonyl (C=O) groups excluding carboxylic acids is 1. The Labute approximate surface area is 67.9 Å². The van der Waals surface area contributed by atoms with Crippen LogP contribution in [0.15, 0.2) is 0 Å². The van der Waals surface area contributed by atoms with Gasteiger partial charge in [0.15, 0.2) is 0 Å². The van der Waals surface area contributed by atoms with Gasteiger partial charge in [-0.05, 0) is 33.6 Å². The van der Waals surface area contributed by atoms with Crippen LogP contribution in [0, 0.1) is 5.92 Å². The fourth-order valence-corrected chi connectivity index (χ4v) is 1.58. The van der Waals surface area contributed by atoms with E-state index in [-0.39, 0.29) is 11.5 Å². The Morgan fingerprint density at radius 2 is 2.18 bits per heavy atom. The molecule has 0 aromatic heterocycles. The van der Waals surface area contributed by atoms with Gasteiger partial charge in [0.05, 0.1) is 5.60 Å². The van der Waals surface area contributed by atoms with E-state index in [0.717, 1.165) is 19.4 Å². The number of hydrogen-bond donors (Lipinski definition) is 0. The number of rotatable bonds is 1. The predicted molar refractivity (Wildman–Crippen MR) is 43.4 cm³/mol. The summed E-state index contributed by atoms with van der Waals surface area (Å²) in [6, 6.07) is 0. The van der Waals surface area contributed by atoms with Gasteiger partial charge in [-0.2, -0.15) is 0 Å². The minimum Gasteiger partial charge on any atom is -0.376 e. The third-order valence-corrected chi connectivity index (χ3v) is 2.27. The molecule has 0 aromatic rings. The van der Waals surface area contributed by atoms with Crippen LogP contribution in [0.2, 0.25) is 0 Å². The molecule has 0 unspecified atom stereocenters. The molecule has 1 aliphatic heterocycles. The maximum absolute atomic E-state index is 11.0. The molecule has 2 nitrogen and oxygen atoms in total. The number of hydrogen-bond acceptors (Lipinski definition) is 2. The average Bonchev–Trinajstić information content (AvgIpc) is 1.85. The van der Waals surface area contributed by atoms with Gasteiger partial charge in [-0.1, -0.05) is 0 Å². The van der Waals surface area contributed by atoms with Crippen molar-refractivity contribution in [2.75, 3.05) is 6.61 Å². The van der Waals surface area contributed by atoms with E-state index >= 15 is 0 Å². The van der Waals surface area contributed by atoms with Crippen molar-refractivity contribution in [3.05, 3.63) is 0 Å². The molecule has 0 radical (unpaired) electrons. The van der Waals surface area contributed by atoms with Crippen molar-refractivity contribution in [2.45, 2.75) is 39.2 Å². The summed E-state index contributed by atoms with van der Waals surface area (Å²) in [4.78, 5) is 11.0. The van der Waals surface area contributed by atoms with Crippen molar-refractivity contribution in [2.24, 2.45) is 5.92 Å². The lowest BCUT2D eigenvalue weighted by molar-refractivity contribution is -0.131. The summed E-state index contributed by atoms with van der Waals surface area (Å²) in [5.41, 5.74) is -0.0887. The topological polar surface area (TPSA) is 26.3 Å². The zero-order valence-electron chi connectivity index (χ0n) is 7.52. The third kappa shape index (κ3) is 2.29. The van der Waals surface area contributed by atoms with Gasteiger partial charge in [0.2, 0.25) is 0 Å². The smallest absolute Gasteiger partial charge is 0.133 e. The molecule has 0 N–H and O–H groups in total. The van der Waals surface area contributed by atoms with Gasteiger partial charge in [0.25, 0.3) is 0 Å². The standard InChI is InChI=1S/C9H16O2/c1-7(10)8-4-5-11-9(2,3)6-8/h8H,4-6H2,1-3H3/t8-/m1/s1. The fraction of sp³-hybridized carbons (Fsp3) is 0.889. The molecule has 1 saturated heterocycles. The van der Waals surface area contributed by atoms with Crippen LogP contribution in [0.4, 0.5) is 0 Å². The van der Waals surface area contributed by atoms with Crippen molar-refractivity contribution in [3.8, 4) is 0 Å². The SMILES string of the molecule is CC(=O)[C@@H]1CCOC(C)(C)C1. The van der Waals surface area contributed by atoms with E-state index in [2.05, 4.69) is 0 Å². The normalized spacial score (nSPS) is 29.9. The van der Waals surface area contributed by atoms with Crippen LogP contribution >= 0.6 is 0 Å². The zero-order valence-corrected chi connectivity index (χ0v) is 7.52. The highest BCUT2D eigenvalue weighted by atomic mass is 16.5. The third-order valence-electron chi connectivity index (χ3n) is 2.27. The Bertz CT molecular complexity index is 161. The second kappa shape index (κ2) is 2.94. The van der Waals surface area contributed by atoms with Gasteiger partial charge in [-0.15, -0.1) is 0 Å². The van der Waals surface area contributed by atoms with Gasteiger partial charge in [-0.25, -0.2) is 0 Å². The van der Waals surface area contributed by atoms with Gasteiger partial charge in [-0.3, -0.25) is 4.79 Å². The number of ketones is 1. The summed E-state index contributed by atoms with van der Waals surface area (Å²) >= 11 is 0. The predicted octanol–water partition coefficient (Wildman–Crippen LogP) is 1.78. The molecule has 0 amide bonds. The Balaban J connectivity index is 2.53. The second-order valence-electron chi connectivity index (χ2n) is 3.91. The van der Waals surface area contributed by atoms with Crippen LogP contribution in [0.5, 0.6) is 0 Å². The van der Waals surface area contributed by atoms with Crippen LogP contribution in [-0.2, 0) is 9.53 Å². The van der Waals surface area contributed by atoms with Crippen molar-refractivity contribution in [3.63, 3.8) is 0 Å². The van der Waals surface area contributed by atoms with Crippen LogP contribution in [-0.4, -0.2) is 18.0 Å². The molecule has 1 rings (SSSR count). The molecule has 1 fully saturated rings. The van der Waals surface area contributed by atoms with E-state index < -0.39 is 0 Å². The van der Waals surface area contributed by atoms with Crippen LogP contribution in [0.3, 0.4) is 0 Å². The van der Waals surface area contributed by atoms with Crippen molar-refractivity contribution >= 4 is 5.78 Å². The lowest BCUT2D eigenvalue weighted by Crippen LogP contribution is -2.36. The molecule has 1 aliphatic rings. The van der Waals surface area contributed by atoms with E-state index in [0.29, 0.717) is 5.78 Å².